The van der Waals surface area contributed by atoms with E-state index >= 15 is 0 Å². The fraction of sp³-hybridized carbons (Fsp3) is 1.00. The molecule has 0 heterocycles. The van der Waals surface area contributed by atoms with Crippen LogP contribution in [-0.2, 0) is 13.3 Å². The summed E-state index contributed by atoms with van der Waals surface area (Å²) in [6.07, 6.45) is 5.26. The van der Waals surface area contributed by atoms with E-state index in [1.807, 2.05) is 0 Å². The van der Waals surface area contributed by atoms with Crippen molar-refractivity contribution in [3.8, 4) is 0 Å². The van der Waals surface area contributed by atoms with Gasteiger partial charge in [0.25, 0.3) is 0 Å². The van der Waals surface area contributed by atoms with Crippen LogP contribution in [0.15, 0.2) is 0 Å². The Morgan fingerprint density at radius 1 is 0.700 bits per heavy atom. The van der Waals surface area contributed by atoms with Gasteiger partial charge in [-0.1, -0.05) is 27.7 Å². The predicted molar refractivity (Wildman–Crippen MR) is 87.1 cm³/mol. The van der Waals surface area contributed by atoms with Gasteiger partial charge in [0.1, 0.15) is 0 Å². The van der Waals surface area contributed by atoms with Crippen LogP contribution >= 0.6 is 0 Å². The lowest BCUT2D eigenvalue weighted by atomic mass is 10.4. The Kier molecular flexibility index (Phi) is 14.1. The van der Waals surface area contributed by atoms with Gasteiger partial charge >= 0.3 is 8.80 Å². The summed E-state index contributed by atoms with van der Waals surface area (Å²) in [6.45, 7) is 12.9. The molecule has 0 fully saturated rings. The molecule has 0 aromatic heterocycles. The van der Waals surface area contributed by atoms with E-state index in [9.17, 15) is 0 Å². The Morgan fingerprint density at radius 3 is 1.60 bits per heavy atom. The van der Waals surface area contributed by atoms with E-state index in [1.54, 1.807) is 0 Å². The molecule has 122 valence electrons. The lowest BCUT2D eigenvalue weighted by molar-refractivity contribution is 0.0588. The summed E-state index contributed by atoms with van der Waals surface area (Å²) in [6, 6.07) is 0.920. The van der Waals surface area contributed by atoms with E-state index < -0.39 is 8.80 Å². The maximum Gasteiger partial charge on any atom is 0.501 e. The largest absolute Gasteiger partial charge is 0.501 e. The van der Waals surface area contributed by atoms with Crippen molar-refractivity contribution in [2.75, 3.05) is 32.9 Å². The van der Waals surface area contributed by atoms with Crippen molar-refractivity contribution in [2.24, 2.45) is 0 Å². The van der Waals surface area contributed by atoms with E-state index in [0.717, 1.165) is 64.6 Å². The molecule has 0 unspecified atom stereocenters. The molecular weight excluding hydrogens is 270 g/mol. The molecule has 0 aliphatic heterocycles. The second-order valence-corrected chi connectivity index (χ2v) is 7.81. The van der Waals surface area contributed by atoms with E-state index in [0.29, 0.717) is 0 Å². The zero-order valence-corrected chi connectivity index (χ0v) is 15.0. The summed E-state index contributed by atoms with van der Waals surface area (Å²) >= 11 is 0. The van der Waals surface area contributed by atoms with Crippen LogP contribution in [0.4, 0.5) is 0 Å². The van der Waals surface area contributed by atoms with Crippen LogP contribution in [0.3, 0.4) is 0 Å². The van der Waals surface area contributed by atoms with Crippen molar-refractivity contribution >= 4 is 8.80 Å². The van der Waals surface area contributed by atoms with Crippen LogP contribution in [0, 0.1) is 0 Å². The van der Waals surface area contributed by atoms with Crippen molar-refractivity contribution < 1.29 is 13.3 Å². The van der Waals surface area contributed by atoms with Gasteiger partial charge in [-0.3, -0.25) is 0 Å². The Morgan fingerprint density at radius 2 is 1.20 bits per heavy atom. The smallest absolute Gasteiger partial charge is 0.373 e. The molecule has 0 saturated heterocycles. The maximum atomic E-state index is 6.06. The highest BCUT2D eigenvalue weighted by molar-refractivity contribution is 6.60. The summed E-state index contributed by atoms with van der Waals surface area (Å²) in [5.41, 5.74) is 0. The fourth-order valence-corrected chi connectivity index (χ4v) is 4.68. The molecule has 0 bridgehead atoms. The van der Waals surface area contributed by atoms with Crippen molar-refractivity contribution in [3.63, 3.8) is 0 Å². The third-order valence-electron chi connectivity index (χ3n) is 2.84. The van der Waals surface area contributed by atoms with Gasteiger partial charge in [-0.05, 0) is 45.2 Å². The molecule has 0 radical (unpaired) electrons. The molecule has 0 atom stereocenters. The number of nitrogens with one attached hydrogen (secondary N) is 1. The molecule has 20 heavy (non-hydrogen) atoms. The summed E-state index contributed by atoms with van der Waals surface area (Å²) in [5, 5.41) is 3.43. The molecule has 1 N–H and O–H groups in total. The van der Waals surface area contributed by atoms with Gasteiger partial charge in [0.05, 0.1) is 0 Å². The van der Waals surface area contributed by atoms with Crippen LogP contribution in [-0.4, -0.2) is 41.7 Å². The molecule has 0 aromatic carbocycles. The van der Waals surface area contributed by atoms with E-state index in [1.165, 1.54) is 6.42 Å². The van der Waals surface area contributed by atoms with Crippen molar-refractivity contribution in [3.05, 3.63) is 0 Å². The minimum absolute atomic E-state index is 0.738. The minimum Gasteiger partial charge on any atom is -0.373 e. The zero-order chi connectivity index (χ0) is 15.1. The first kappa shape index (κ1) is 20.1. The highest BCUT2D eigenvalue weighted by Crippen LogP contribution is 2.19. The summed E-state index contributed by atoms with van der Waals surface area (Å²) in [7, 11) is -2.46. The average Bonchev–Trinajstić information content (AvgIpc) is 2.48. The van der Waals surface area contributed by atoms with Gasteiger partial charge < -0.3 is 18.6 Å². The Labute approximate surface area is 126 Å². The monoisotopic (exact) mass is 305 g/mol. The molecule has 0 aliphatic carbocycles. The Hall–Kier alpha value is 0.0569. The average molecular weight is 306 g/mol. The quantitative estimate of drug-likeness (QED) is 0.371. The molecule has 0 aromatic rings. The van der Waals surface area contributed by atoms with Crippen LogP contribution in [0.5, 0.6) is 0 Å². The van der Waals surface area contributed by atoms with Crippen molar-refractivity contribution in [1.82, 2.24) is 5.32 Å². The first-order chi connectivity index (χ1) is 9.74. The van der Waals surface area contributed by atoms with E-state index in [2.05, 4.69) is 33.0 Å². The highest BCUT2D eigenvalue weighted by atomic mass is 28.4. The van der Waals surface area contributed by atoms with Gasteiger partial charge in [0, 0.05) is 25.9 Å². The summed E-state index contributed by atoms with van der Waals surface area (Å²) < 4.78 is 18.2. The van der Waals surface area contributed by atoms with Crippen LogP contribution < -0.4 is 5.32 Å². The Balaban J connectivity index is 4.34. The second kappa shape index (κ2) is 14.0. The molecule has 0 spiro atoms. The van der Waals surface area contributed by atoms with Crippen LogP contribution in [0.1, 0.15) is 59.8 Å². The first-order valence-corrected chi connectivity index (χ1v) is 10.3. The summed E-state index contributed by atoms with van der Waals surface area (Å²) in [5.74, 6) is 0. The van der Waals surface area contributed by atoms with Gasteiger partial charge in [0.2, 0.25) is 0 Å². The topological polar surface area (TPSA) is 39.7 Å². The third kappa shape index (κ3) is 9.88. The molecular formula is C15H35NO3Si. The molecule has 0 aliphatic rings. The molecule has 4 nitrogen and oxygen atoms in total. The third-order valence-corrected chi connectivity index (χ3v) is 5.74. The maximum absolute atomic E-state index is 6.06. The SMILES string of the molecule is CCCNCCC[Si](OCCC)(OCCC)OCCC. The number of rotatable bonds is 15. The first-order valence-electron chi connectivity index (χ1n) is 8.37. The Bertz CT molecular complexity index is 184. The number of hydrogen-bond acceptors (Lipinski definition) is 4. The molecule has 0 rings (SSSR count). The lowest BCUT2D eigenvalue weighted by Crippen LogP contribution is -2.47. The van der Waals surface area contributed by atoms with Crippen LogP contribution in [0.2, 0.25) is 6.04 Å². The lowest BCUT2D eigenvalue weighted by Gasteiger charge is -2.29. The van der Waals surface area contributed by atoms with E-state index in [4.69, 9.17) is 13.3 Å². The van der Waals surface area contributed by atoms with Crippen molar-refractivity contribution in [2.45, 2.75) is 65.8 Å². The number of hydrogen-bond donors (Lipinski definition) is 1. The van der Waals surface area contributed by atoms with Gasteiger partial charge in [-0.2, -0.15) is 0 Å². The zero-order valence-electron chi connectivity index (χ0n) is 14.0. The summed E-state index contributed by atoms with van der Waals surface area (Å²) in [4.78, 5) is 0. The molecule has 0 amide bonds. The van der Waals surface area contributed by atoms with E-state index in [-0.39, 0.29) is 0 Å². The highest BCUT2D eigenvalue weighted by Gasteiger charge is 2.40. The van der Waals surface area contributed by atoms with Crippen molar-refractivity contribution in [1.29, 1.82) is 0 Å². The molecule has 0 saturated carbocycles. The normalized spacial score (nSPS) is 12.0. The second-order valence-electron chi connectivity index (χ2n) is 5.08. The van der Waals surface area contributed by atoms with Gasteiger partial charge in [-0.15, -0.1) is 0 Å². The predicted octanol–water partition coefficient (Wildman–Crippen LogP) is 3.59. The van der Waals surface area contributed by atoms with Gasteiger partial charge in [-0.25, -0.2) is 0 Å². The standard InChI is InChI=1S/C15H35NO3Si/c1-5-10-16-11-9-15-20(17-12-6-2,18-13-7-3)19-14-8-4/h16H,5-15H2,1-4H3. The van der Waals surface area contributed by atoms with Crippen LogP contribution in [0.25, 0.3) is 0 Å². The fourth-order valence-electron chi connectivity index (χ4n) is 1.85. The minimum atomic E-state index is -2.46. The van der Waals surface area contributed by atoms with Gasteiger partial charge in [0.15, 0.2) is 0 Å². The molecule has 5 heteroatoms.